The molecule has 4 nitrogen and oxygen atoms in total. The average molecular weight is 156 g/mol. The first-order valence-electron chi connectivity index (χ1n) is 4.07. The molecule has 11 heavy (non-hydrogen) atoms. The van der Waals surface area contributed by atoms with E-state index in [1.165, 1.54) is 0 Å². The Bertz CT molecular complexity index is 141. The molecule has 0 radical (unpaired) electrons. The Morgan fingerprint density at radius 3 is 3.18 bits per heavy atom. The van der Waals surface area contributed by atoms with E-state index >= 15 is 0 Å². The third-order valence-corrected chi connectivity index (χ3v) is 1.57. The summed E-state index contributed by atoms with van der Waals surface area (Å²) in [5.74, 6) is 0.922. The van der Waals surface area contributed by atoms with E-state index in [9.17, 15) is 0 Å². The molecule has 4 heteroatoms. The lowest BCUT2D eigenvalue weighted by atomic mass is 10.2. The monoisotopic (exact) mass is 156 g/mol. The SMILES string of the molecule is CC(N)CCNC1=NCCN1. The lowest BCUT2D eigenvalue weighted by Crippen LogP contribution is -2.36. The van der Waals surface area contributed by atoms with Crippen molar-refractivity contribution in [1.82, 2.24) is 10.6 Å². The van der Waals surface area contributed by atoms with Crippen LogP contribution in [-0.4, -0.2) is 31.6 Å². The van der Waals surface area contributed by atoms with Gasteiger partial charge in [-0.15, -0.1) is 0 Å². The predicted molar refractivity (Wildman–Crippen MR) is 46.6 cm³/mol. The molecule has 1 unspecified atom stereocenters. The Morgan fingerprint density at radius 2 is 2.64 bits per heavy atom. The Kier molecular flexibility index (Phi) is 3.16. The van der Waals surface area contributed by atoms with Gasteiger partial charge in [0.25, 0.3) is 0 Å². The smallest absolute Gasteiger partial charge is 0.191 e. The largest absolute Gasteiger partial charge is 0.356 e. The van der Waals surface area contributed by atoms with E-state index in [2.05, 4.69) is 15.6 Å². The zero-order valence-electron chi connectivity index (χ0n) is 6.93. The second kappa shape index (κ2) is 4.18. The van der Waals surface area contributed by atoms with Gasteiger partial charge in [0.05, 0.1) is 6.54 Å². The zero-order valence-corrected chi connectivity index (χ0v) is 6.93. The predicted octanol–water partition coefficient (Wildman–Crippen LogP) is -0.727. The summed E-state index contributed by atoms with van der Waals surface area (Å²) in [6.45, 7) is 4.76. The van der Waals surface area contributed by atoms with Gasteiger partial charge in [-0.05, 0) is 13.3 Å². The molecule has 0 amide bonds. The molecule has 0 aromatic heterocycles. The van der Waals surface area contributed by atoms with E-state index in [4.69, 9.17) is 5.73 Å². The van der Waals surface area contributed by atoms with Crippen LogP contribution in [0.25, 0.3) is 0 Å². The topological polar surface area (TPSA) is 62.4 Å². The van der Waals surface area contributed by atoms with Gasteiger partial charge in [0.15, 0.2) is 5.96 Å². The van der Waals surface area contributed by atoms with Gasteiger partial charge in [0, 0.05) is 19.1 Å². The van der Waals surface area contributed by atoms with E-state index in [1.54, 1.807) is 0 Å². The first-order chi connectivity index (χ1) is 5.29. The fourth-order valence-corrected chi connectivity index (χ4v) is 0.935. The van der Waals surface area contributed by atoms with Crippen LogP contribution in [0.2, 0.25) is 0 Å². The summed E-state index contributed by atoms with van der Waals surface area (Å²) >= 11 is 0. The molecule has 1 heterocycles. The lowest BCUT2D eigenvalue weighted by molar-refractivity contribution is 0.646. The molecular formula is C7H16N4. The van der Waals surface area contributed by atoms with Crippen molar-refractivity contribution in [2.24, 2.45) is 10.7 Å². The summed E-state index contributed by atoms with van der Waals surface area (Å²) in [6.07, 6.45) is 0.987. The molecule has 0 bridgehead atoms. The van der Waals surface area contributed by atoms with Crippen LogP contribution < -0.4 is 16.4 Å². The molecular weight excluding hydrogens is 140 g/mol. The Balaban J connectivity index is 2.03. The third kappa shape index (κ3) is 3.23. The van der Waals surface area contributed by atoms with Crippen LogP contribution in [0, 0.1) is 0 Å². The number of nitrogens with two attached hydrogens (primary N) is 1. The Hall–Kier alpha value is -0.770. The minimum atomic E-state index is 0.268. The minimum absolute atomic E-state index is 0.268. The molecule has 1 atom stereocenters. The highest BCUT2D eigenvalue weighted by molar-refractivity contribution is 5.81. The van der Waals surface area contributed by atoms with E-state index < -0.39 is 0 Å². The van der Waals surface area contributed by atoms with Crippen molar-refractivity contribution in [3.8, 4) is 0 Å². The van der Waals surface area contributed by atoms with Gasteiger partial charge in [0.1, 0.15) is 0 Å². The van der Waals surface area contributed by atoms with Gasteiger partial charge < -0.3 is 16.4 Å². The van der Waals surface area contributed by atoms with Crippen LogP contribution in [0.1, 0.15) is 13.3 Å². The maximum atomic E-state index is 5.58. The summed E-state index contributed by atoms with van der Waals surface area (Å²) in [5.41, 5.74) is 5.58. The second-order valence-electron chi connectivity index (χ2n) is 2.85. The zero-order chi connectivity index (χ0) is 8.10. The van der Waals surface area contributed by atoms with E-state index in [-0.39, 0.29) is 6.04 Å². The molecule has 4 N–H and O–H groups in total. The lowest BCUT2D eigenvalue weighted by Gasteiger charge is -2.07. The number of hydrogen-bond donors (Lipinski definition) is 3. The second-order valence-corrected chi connectivity index (χ2v) is 2.85. The Labute approximate surface area is 67.3 Å². The van der Waals surface area contributed by atoms with E-state index in [0.29, 0.717) is 0 Å². The van der Waals surface area contributed by atoms with Gasteiger partial charge in [-0.25, -0.2) is 0 Å². The molecule has 1 rings (SSSR count). The number of guanidine groups is 1. The average Bonchev–Trinajstić information content (AvgIpc) is 2.39. The maximum Gasteiger partial charge on any atom is 0.191 e. The molecule has 64 valence electrons. The Morgan fingerprint density at radius 1 is 1.82 bits per heavy atom. The van der Waals surface area contributed by atoms with Crippen molar-refractivity contribution in [3.05, 3.63) is 0 Å². The first kappa shape index (κ1) is 8.33. The highest BCUT2D eigenvalue weighted by Gasteiger charge is 2.02. The van der Waals surface area contributed by atoms with Crippen LogP contribution in [0.3, 0.4) is 0 Å². The highest BCUT2D eigenvalue weighted by atomic mass is 15.2. The minimum Gasteiger partial charge on any atom is -0.356 e. The summed E-state index contributed by atoms with van der Waals surface area (Å²) in [6, 6.07) is 0.268. The van der Waals surface area contributed by atoms with Gasteiger partial charge in [-0.2, -0.15) is 0 Å². The van der Waals surface area contributed by atoms with Crippen LogP contribution in [0.15, 0.2) is 4.99 Å². The van der Waals surface area contributed by atoms with Gasteiger partial charge in [-0.3, -0.25) is 4.99 Å². The summed E-state index contributed by atoms with van der Waals surface area (Å²) < 4.78 is 0. The van der Waals surface area contributed by atoms with Crippen LogP contribution >= 0.6 is 0 Å². The van der Waals surface area contributed by atoms with Crippen molar-refractivity contribution in [2.45, 2.75) is 19.4 Å². The fourth-order valence-electron chi connectivity index (χ4n) is 0.935. The number of rotatable bonds is 3. The number of nitrogens with one attached hydrogen (secondary N) is 2. The summed E-state index contributed by atoms with van der Waals surface area (Å²) in [5, 5.41) is 6.30. The summed E-state index contributed by atoms with van der Waals surface area (Å²) in [4.78, 5) is 4.19. The molecule has 0 fully saturated rings. The van der Waals surface area contributed by atoms with Gasteiger partial charge >= 0.3 is 0 Å². The van der Waals surface area contributed by atoms with Crippen LogP contribution in [0.4, 0.5) is 0 Å². The molecule has 1 aliphatic rings. The van der Waals surface area contributed by atoms with E-state index in [0.717, 1.165) is 32.0 Å². The molecule has 0 spiro atoms. The molecule has 0 aromatic carbocycles. The number of hydrogen-bond acceptors (Lipinski definition) is 4. The van der Waals surface area contributed by atoms with Gasteiger partial charge in [0.2, 0.25) is 0 Å². The summed E-state index contributed by atoms with van der Waals surface area (Å²) in [7, 11) is 0. The number of aliphatic imine (C=N–C) groups is 1. The molecule has 0 aliphatic carbocycles. The molecule has 0 aromatic rings. The van der Waals surface area contributed by atoms with E-state index in [1.807, 2.05) is 6.92 Å². The third-order valence-electron chi connectivity index (χ3n) is 1.57. The fraction of sp³-hybridized carbons (Fsp3) is 0.857. The molecule has 0 saturated heterocycles. The van der Waals surface area contributed by atoms with Crippen molar-refractivity contribution in [3.63, 3.8) is 0 Å². The van der Waals surface area contributed by atoms with Crippen molar-refractivity contribution in [2.75, 3.05) is 19.6 Å². The van der Waals surface area contributed by atoms with Crippen LogP contribution in [0.5, 0.6) is 0 Å². The van der Waals surface area contributed by atoms with Gasteiger partial charge in [-0.1, -0.05) is 0 Å². The van der Waals surface area contributed by atoms with Crippen LogP contribution in [-0.2, 0) is 0 Å². The normalized spacial score (nSPS) is 18.9. The molecule has 1 aliphatic heterocycles. The van der Waals surface area contributed by atoms with Crippen molar-refractivity contribution >= 4 is 5.96 Å². The highest BCUT2D eigenvalue weighted by Crippen LogP contribution is 1.85. The van der Waals surface area contributed by atoms with Crippen molar-refractivity contribution in [1.29, 1.82) is 0 Å². The van der Waals surface area contributed by atoms with Crippen molar-refractivity contribution < 1.29 is 0 Å². The number of nitrogens with zero attached hydrogens (tertiary/aromatic N) is 1. The first-order valence-corrected chi connectivity index (χ1v) is 4.07. The molecule has 0 saturated carbocycles. The quantitative estimate of drug-likeness (QED) is 0.505. The maximum absolute atomic E-state index is 5.58. The standard InChI is InChI=1S/C7H16N4/c1-6(8)2-3-9-7-10-4-5-11-7/h6H,2-5,8H2,1H3,(H2,9,10,11).